The summed E-state index contributed by atoms with van der Waals surface area (Å²) in [5.74, 6) is 0.566. The van der Waals surface area contributed by atoms with Crippen molar-refractivity contribution in [1.29, 1.82) is 0 Å². The van der Waals surface area contributed by atoms with Gasteiger partial charge in [0.25, 0.3) is 0 Å². The highest BCUT2D eigenvalue weighted by molar-refractivity contribution is 7.92. The Balaban J connectivity index is 2.46. The van der Waals surface area contributed by atoms with E-state index in [1.165, 1.54) is 31.3 Å². The fraction of sp³-hybridized carbons (Fsp3) is 0.440. The molecule has 2 aromatic carbocycles. The van der Waals surface area contributed by atoms with E-state index in [4.69, 9.17) is 14.2 Å². The Labute approximate surface area is 213 Å². The smallest absolute Gasteiger partial charge is 0.244 e. The second-order valence-electron chi connectivity index (χ2n) is 8.00. The Bertz CT molecular complexity index is 1140. The van der Waals surface area contributed by atoms with Crippen molar-refractivity contribution in [3.8, 4) is 17.2 Å². The van der Waals surface area contributed by atoms with Crippen molar-refractivity contribution < 1.29 is 32.2 Å². The number of sulfonamides is 1. The molecule has 2 amide bonds. The van der Waals surface area contributed by atoms with E-state index in [1.807, 2.05) is 0 Å². The number of carbonyl (C=O) groups is 2. The highest BCUT2D eigenvalue weighted by Gasteiger charge is 2.31. The van der Waals surface area contributed by atoms with Gasteiger partial charge in [0.15, 0.2) is 11.5 Å². The summed E-state index contributed by atoms with van der Waals surface area (Å²) in [6, 6.07) is 10.9. The maximum Gasteiger partial charge on any atom is 0.244 e. The average Bonchev–Trinajstić information content (AvgIpc) is 2.86. The first-order chi connectivity index (χ1) is 17.1. The van der Waals surface area contributed by atoms with Crippen molar-refractivity contribution >= 4 is 27.5 Å². The molecule has 1 atom stereocenters. The number of amides is 2. The molecular weight excluding hydrogens is 486 g/mol. The quantitative estimate of drug-likeness (QED) is 0.431. The molecule has 198 valence electrons. The maximum absolute atomic E-state index is 13.6. The number of hydrogen-bond acceptors (Lipinski definition) is 7. The number of ether oxygens (including phenoxy) is 3. The maximum atomic E-state index is 13.6. The van der Waals surface area contributed by atoms with Crippen LogP contribution in [0, 0.1) is 0 Å². The summed E-state index contributed by atoms with van der Waals surface area (Å²) in [4.78, 5) is 27.9. The Kier molecular flexibility index (Phi) is 10.4. The molecule has 11 heteroatoms. The molecule has 2 rings (SSSR count). The van der Waals surface area contributed by atoms with Gasteiger partial charge in [0.05, 0.1) is 33.3 Å². The van der Waals surface area contributed by atoms with Gasteiger partial charge in [-0.15, -0.1) is 0 Å². The first kappa shape index (κ1) is 28.8. The number of methoxy groups -OCH3 is 3. The normalized spacial score (nSPS) is 11.8. The van der Waals surface area contributed by atoms with Crippen molar-refractivity contribution in [3.05, 3.63) is 48.0 Å². The highest BCUT2D eigenvalue weighted by Crippen LogP contribution is 2.32. The molecule has 0 spiro atoms. The zero-order chi connectivity index (χ0) is 26.9. The van der Waals surface area contributed by atoms with E-state index >= 15 is 0 Å². The number of anilines is 1. The molecule has 0 fully saturated rings. The number of hydrogen-bond donors (Lipinski definition) is 1. The molecule has 0 heterocycles. The summed E-state index contributed by atoms with van der Waals surface area (Å²) < 4.78 is 42.2. The minimum absolute atomic E-state index is 0.113. The minimum atomic E-state index is -3.86. The van der Waals surface area contributed by atoms with Gasteiger partial charge in [0.2, 0.25) is 21.8 Å². The molecule has 0 saturated carbocycles. The summed E-state index contributed by atoms with van der Waals surface area (Å²) in [6.45, 7) is 3.61. The molecule has 0 radical (unpaired) electrons. The molecule has 0 aliphatic heterocycles. The molecular formula is C25H35N3O7S. The summed E-state index contributed by atoms with van der Waals surface area (Å²) in [7, 11) is 0.601. The Morgan fingerprint density at radius 1 is 0.944 bits per heavy atom. The van der Waals surface area contributed by atoms with E-state index in [1.54, 1.807) is 51.3 Å². The zero-order valence-electron chi connectivity index (χ0n) is 21.6. The van der Waals surface area contributed by atoms with Gasteiger partial charge >= 0.3 is 0 Å². The number of carbonyl (C=O) groups excluding carboxylic acids is 2. The number of likely N-dealkylation sites (N-methyl/N-ethyl adjacent to an activating group) is 1. The average molecular weight is 522 g/mol. The van der Waals surface area contributed by atoms with Crippen LogP contribution in [-0.2, 0) is 26.2 Å². The molecule has 0 saturated heterocycles. The van der Waals surface area contributed by atoms with Crippen LogP contribution in [0.25, 0.3) is 0 Å². The molecule has 0 aliphatic rings. The van der Waals surface area contributed by atoms with E-state index in [2.05, 4.69) is 5.32 Å². The van der Waals surface area contributed by atoms with Crippen LogP contribution in [0.15, 0.2) is 42.5 Å². The van der Waals surface area contributed by atoms with Gasteiger partial charge in [-0.1, -0.05) is 19.1 Å². The second-order valence-corrected chi connectivity index (χ2v) is 9.90. The number of nitrogens with zero attached hydrogens (tertiary/aromatic N) is 2. The zero-order valence-corrected chi connectivity index (χ0v) is 22.4. The van der Waals surface area contributed by atoms with Crippen molar-refractivity contribution in [2.75, 3.05) is 45.0 Å². The van der Waals surface area contributed by atoms with Gasteiger partial charge in [-0.25, -0.2) is 8.42 Å². The van der Waals surface area contributed by atoms with Crippen LogP contribution < -0.4 is 23.8 Å². The Morgan fingerprint density at radius 3 is 2.08 bits per heavy atom. The molecule has 2 aromatic rings. The largest absolute Gasteiger partial charge is 0.497 e. The summed E-state index contributed by atoms with van der Waals surface area (Å²) in [6.07, 6.45) is 1.37. The van der Waals surface area contributed by atoms with Crippen LogP contribution in [0.4, 0.5) is 5.69 Å². The van der Waals surface area contributed by atoms with Gasteiger partial charge < -0.3 is 24.4 Å². The molecule has 0 aromatic heterocycles. The standard InChI is InChI=1S/C25H35N3O7S/c1-7-21(25(30)26-8-2)27(16-18-9-12-20(33-3)13-10-18)24(29)17-28(36(6,31)32)19-11-14-22(34-4)23(15-19)35-5/h9-15,21H,7-8,16-17H2,1-6H3,(H,26,30)/t21-/m1/s1. The highest BCUT2D eigenvalue weighted by atomic mass is 32.2. The molecule has 10 nitrogen and oxygen atoms in total. The lowest BCUT2D eigenvalue weighted by Gasteiger charge is -2.33. The molecule has 0 unspecified atom stereocenters. The van der Waals surface area contributed by atoms with Crippen LogP contribution in [-0.4, -0.2) is 71.8 Å². The van der Waals surface area contributed by atoms with Crippen LogP contribution in [0.1, 0.15) is 25.8 Å². The second kappa shape index (κ2) is 13.0. The van der Waals surface area contributed by atoms with Crippen molar-refractivity contribution in [1.82, 2.24) is 10.2 Å². The first-order valence-corrected chi connectivity index (χ1v) is 13.3. The topological polar surface area (TPSA) is 114 Å². The van der Waals surface area contributed by atoms with E-state index in [0.717, 1.165) is 16.1 Å². The van der Waals surface area contributed by atoms with E-state index in [-0.39, 0.29) is 18.1 Å². The first-order valence-electron chi connectivity index (χ1n) is 11.5. The van der Waals surface area contributed by atoms with Crippen molar-refractivity contribution in [2.45, 2.75) is 32.9 Å². The van der Waals surface area contributed by atoms with Gasteiger partial charge in [0.1, 0.15) is 18.3 Å². The number of nitrogens with one attached hydrogen (secondary N) is 1. The van der Waals surface area contributed by atoms with Crippen molar-refractivity contribution in [2.24, 2.45) is 0 Å². The number of benzene rings is 2. The SMILES string of the molecule is CCNC(=O)[C@@H](CC)N(Cc1ccc(OC)cc1)C(=O)CN(c1ccc(OC)c(OC)c1)S(C)(=O)=O. The Hall–Kier alpha value is -3.47. The summed E-state index contributed by atoms with van der Waals surface area (Å²) >= 11 is 0. The fourth-order valence-electron chi connectivity index (χ4n) is 3.73. The van der Waals surface area contributed by atoms with Crippen molar-refractivity contribution in [3.63, 3.8) is 0 Å². The summed E-state index contributed by atoms with van der Waals surface area (Å²) in [5, 5.41) is 2.76. The van der Waals surface area contributed by atoms with Crippen LogP contribution in [0.5, 0.6) is 17.2 Å². The van der Waals surface area contributed by atoms with Crippen LogP contribution in [0.2, 0.25) is 0 Å². The van der Waals surface area contributed by atoms with Gasteiger partial charge in [-0.2, -0.15) is 0 Å². The van der Waals surface area contributed by atoms with E-state index in [9.17, 15) is 18.0 Å². The minimum Gasteiger partial charge on any atom is -0.497 e. The molecule has 0 bridgehead atoms. The lowest BCUT2D eigenvalue weighted by atomic mass is 10.1. The van der Waals surface area contributed by atoms with Gasteiger partial charge in [0, 0.05) is 19.2 Å². The third-order valence-corrected chi connectivity index (χ3v) is 6.72. The van der Waals surface area contributed by atoms with Gasteiger partial charge in [-0.05, 0) is 43.2 Å². The molecule has 1 N–H and O–H groups in total. The van der Waals surface area contributed by atoms with E-state index < -0.39 is 28.5 Å². The van der Waals surface area contributed by atoms with Crippen LogP contribution in [0.3, 0.4) is 0 Å². The third-order valence-electron chi connectivity index (χ3n) is 5.58. The van der Waals surface area contributed by atoms with E-state index in [0.29, 0.717) is 30.2 Å². The lowest BCUT2D eigenvalue weighted by molar-refractivity contribution is -0.140. The lowest BCUT2D eigenvalue weighted by Crippen LogP contribution is -2.52. The number of rotatable bonds is 13. The third kappa shape index (κ3) is 7.27. The van der Waals surface area contributed by atoms with Gasteiger partial charge in [-0.3, -0.25) is 13.9 Å². The monoisotopic (exact) mass is 521 g/mol. The predicted molar refractivity (Wildman–Crippen MR) is 138 cm³/mol. The molecule has 36 heavy (non-hydrogen) atoms. The Morgan fingerprint density at radius 2 is 1.58 bits per heavy atom. The summed E-state index contributed by atoms with van der Waals surface area (Å²) in [5.41, 5.74) is 1.00. The van der Waals surface area contributed by atoms with Crippen LogP contribution >= 0.6 is 0 Å². The predicted octanol–water partition coefficient (Wildman–Crippen LogP) is 2.42. The fourth-order valence-corrected chi connectivity index (χ4v) is 4.57. The molecule has 0 aliphatic carbocycles.